The zero-order valence-corrected chi connectivity index (χ0v) is 11.6. The van der Waals surface area contributed by atoms with Crippen LogP contribution in [0.25, 0.3) is 0 Å². The van der Waals surface area contributed by atoms with Crippen molar-refractivity contribution in [1.82, 2.24) is 0 Å². The average Bonchev–Trinajstić information content (AvgIpc) is 3.04. The smallest absolute Gasteiger partial charge is 0.0991 e. The van der Waals surface area contributed by atoms with E-state index in [0.717, 1.165) is 24.3 Å². The molecule has 21 heavy (non-hydrogen) atoms. The molecule has 0 aliphatic carbocycles. The number of hydrogen-bond donors (Lipinski definition) is 1. The number of benzene rings is 2. The summed E-state index contributed by atoms with van der Waals surface area (Å²) in [7, 11) is 0. The number of nitrogens with one attached hydrogen (secondary N) is 1. The van der Waals surface area contributed by atoms with Crippen LogP contribution in [0.4, 0.5) is 5.69 Å². The fourth-order valence-electron chi connectivity index (χ4n) is 3.53. The number of rotatable bonds is 1. The third-order valence-corrected chi connectivity index (χ3v) is 4.52. The minimum atomic E-state index is 0.0970. The largest absolute Gasteiger partial charge is 0.378 e. The SMILES string of the molecule is N#Cc1ccc2c(c1)[C@H]1OCC[C@H]1[C@H](c1ccccc1)N2. The first-order valence-corrected chi connectivity index (χ1v) is 7.34. The van der Waals surface area contributed by atoms with Crippen molar-refractivity contribution in [2.45, 2.75) is 18.6 Å². The van der Waals surface area contributed by atoms with Gasteiger partial charge in [-0.15, -0.1) is 0 Å². The molecule has 0 radical (unpaired) electrons. The molecule has 0 spiro atoms. The highest BCUT2D eigenvalue weighted by molar-refractivity contribution is 5.59. The maximum Gasteiger partial charge on any atom is 0.0991 e. The lowest BCUT2D eigenvalue weighted by Gasteiger charge is -2.36. The van der Waals surface area contributed by atoms with Gasteiger partial charge in [0.25, 0.3) is 0 Å². The van der Waals surface area contributed by atoms with E-state index in [0.29, 0.717) is 11.5 Å². The number of anilines is 1. The van der Waals surface area contributed by atoms with Crippen LogP contribution >= 0.6 is 0 Å². The summed E-state index contributed by atoms with van der Waals surface area (Å²) in [5.41, 5.74) is 4.21. The molecule has 1 saturated heterocycles. The topological polar surface area (TPSA) is 45.0 Å². The highest BCUT2D eigenvalue weighted by Gasteiger charge is 2.41. The monoisotopic (exact) mass is 276 g/mol. The number of nitriles is 1. The van der Waals surface area contributed by atoms with Crippen LogP contribution in [0.1, 0.15) is 35.3 Å². The molecule has 2 aromatic rings. The molecule has 3 nitrogen and oxygen atoms in total. The van der Waals surface area contributed by atoms with E-state index in [2.05, 4.69) is 35.7 Å². The van der Waals surface area contributed by atoms with Crippen LogP contribution in [0.2, 0.25) is 0 Å². The summed E-state index contributed by atoms with van der Waals surface area (Å²) in [5.74, 6) is 0.425. The van der Waals surface area contributed by atoms with Crippen LogP contribution in [0, 0.1) is 17.2 Å². The summed E-state index contributed by atoms with van der Waals surface area (Å²) in [6.45, 7) is 0.788. The molecule has 1 fully saturated rings. The van der Waals surface area contributed by atoms with Crippen LogP contribution in [-0.2, 0) is 4.74 Å². The fourth-order valence-corrected chi connectivity index (χ4v) is 3.53. The van der Waals surface area contributed by atoms with E-state index < -0.39 is 0 Å². The third-order valence-electron chi connectivity index (χ3n) is 4.52. The Labute approximate surface area is 124 Å². The number of fused-ring (bicyclic) bond motifs is 3. The van der Waals surface area contributed by atoms with Crippen molar-refractivity contribution in [1.29, 1.82) is 5.26 Å². The molecule has 0 amide bonds. The number of nitrogens with zero attached hydrogens (tertiary/aromatic N) is 1. The highest BCUT2D eigenvalue weighted by atomic mass is 16.5. The van der Waals surface area contributed by atoms with Gasteiger partial charge in [0.1, 0.15) is 0 Å². The van der Waals surface area contributed by atoms with E-state index in [1.165, 1.54) is 5.56 Å². The van der Waals surface area contributed by atoms with Crippen molar-refractivity contribution in [3.05, 3.63) is 65.2 Å². The molecule has 4 rings (SSSR count). The van der Waals surface area contributed by atoms with Gasteiger partial charge in [-0.25, -0.2) is 0 Å². The normalized spacial score (nSPS) is 26.3. The van der Waals surface area contributed by atoms with Crippen LogP contribution in [-0.4, -0.2) is 6.61 Å². The van der Waals surface area contributed by atoms with E-state index in [1.54, 1.807) is 0 Å². The zero-order valence-electron chi connectivity index (χ0n) is 11.6. The van der Waals surface area contributed by atoms with Crippen LogP contribution in [0.15, 0.2) is 48.5 Å². The molecule has 2 aliphatic heterocycles. The van der Waals surface area contributed by atoms with Crippen molar-refractivity contribution in [2.75, 3.05) is 11.9 Å². The first-order chi connectivity index (χ1) is 10.4. The Hall–Kier alpha value is -2.31. The van der Waals surface area contributed by atoms with Crippen molar-refractivity contribution < 1.29 is 4.74 Å². The standard InChI is InChI=1S/C18H16N2O/c19-11-12-6-7-16-15(10-12)18-14(8-9-21-18)17(20-16)13-4-2-1-3-5-13/h1-7,10,14,17-18,20H,8-9H2/t14-,17-,18-/m0/s1. The number of hydrogen-bond acceptors (Lipinski definition) is 3. The molecule has 0 bridgehead atoms. The van der Waals surface area contributed by atoms with Crippen LogP contribution < -0.4 is 5.32 Å². The summed E-state index contributed by atoms with van der Waals surface area (Å²) in [5, 5.41) is 12.7. The second-order valence-electron chi connectivity index (χ2n) is 5.69. The van der Waals surface area contributed by atoms with Crippen LogP contribution in [0.3, 0.4) is 0 Å². The van der Waals surface area contributed by atoms with Crippen molar-refractivity contribution in [3.63, 3.8) is 0 Å². The minimum Gasteiger partial charge on any atom is -0.378 e. The van der Waals surface area contributed by atoms with Gasteiger partial charge < -0.3 is 10.1 Å². The van der Waals surface area contributed by atoms with Gasteiger partial charge in [0.2, 0.25) is 0 Å². The highest BCUT2D eigenvalue weighted by Crippen LogP contribution is 2.49. The maximum absolute atomic E-state index is 9.10. The molecule has 2 aliphatic rings. The number of ether oxygens (including phenoxy) is 1. The molecule has 104 valence electrons. The predicted molar refractivity (Wildman–Crippen MR) is 80.8 cm³/mol. The second kappa shape index (κ2) is 4.91. The van der Waals surface area contributed by atoms with Gasteiger partial charge >= 0.3 is 0 Å². The molecule has 0 unspecified atom stereocenters. The lowest BCUT2D eigenvalue weighted by Crippen LogP contribution is -2.29. The van der Waals surface area contributed by atoms with Crippen molar-refractivity contribution >= 4 is 5.69 Å². The Morgan fingerprint density at radius 3 is 2.81 bits per heavy atom. The van der Waals surface area contributed by atoms with E-state index in [-0.39, 0.29) is 12.1 Å². The summed E-state index contributed by atoms with van der Waals surface area (Å²) in [6, 6.07) is 18.9. The average molecular weight is 276 g/mol. The first-order valence-electron chi connectivity index (χ1n) is 7.34. The van der Waals surface area contributed by atoms with Gasteiger partial charge in [0.05, 0.1) is 23.8 Å². The minimum absolute atomic E-state index is 0.0970. The summed E-state index contributed by atoms with van der Waals surface area (Å²) in [4.78, 5) is 0. The molecular formula is C18H16N2O. The van der Waals surface area contributed by atoms with Gasteiger partial charge in [-0.3, -0.25) is 0 Å². The third kappa shape index (κ3) is 2.00. The van der Waals surface area contributed by atoms with Gasteiger partial charge in [-0.2, -0.15) is 5.26 Å². The Morgan fingerprint density at radius 1 is 1.14 bits per heavy atom. The second-order valence-corrected chi connectivity index (χ2v) is 5.69. The van der Waals surface area contributed by atoms with E-state index in [1.807, 2.05) is 24.3 Å². The Kier molecular flexibility index (Phi) is 2.90. The quantitative estimate of drug-likeness (QED) is 0.861. The van der Waals surface area contributed by atoms with Gasteiger partial charge in [0, 0.05) is 23.8 Å². The predicted octanol–water partition coefficient (Wildman–Crippen LogP) is 3.80. The van der Waals surface area contributed by atoms with E-state index >= 15 is 0 Å². The molecule has 0 saturated carbocycles. The van der Waals surface area contributed by atoms with Gasteiger partial charge in [0.15, 0.2) is 0 Å². The lowest BCUT2D eigenvalue weighted by atomic mass is 9.80. The molecular weight excluding hydrogens is 260 g/mol. The Balaban J connectivity index is 1.79. The van der Waals surface area contributed by atoms with Crippen LogP contribution in [0.5, 0.6) is 0 Å². The fraction of sp³-hybridized carbons (Fsp3) is 0.278. The first kappa shape index (κ1) is 12.4. The zero-order chi connectivity index (χ0) is 14.2. The molecule has 2 heterocycles. The van der Waals surface area contributed by atoms with Gasteiger partial charge in [-0.05, 0) is 30.2 Å². The molecule has 2 aromatic carbocycles. The maximum atomic E-state index is 9.10. The summed E-state index contributed by atoms with van der Waals surface area (Å²) < 4.78 is 5.99. The lowest BCUT2D eigenvalue weighted by molar-refractivity contribution is 0.0829. The molecule has 0 aromatic heterocycles. The molecule has 3 heteroatoms. The van der Waals surface area contributed by atoms with E-state index in [4.69, 9.17) is 10.00 Å². The Morgan fingerprint density at radius 2 is 2.00 bits per heavy atom. The summed E-state index contributed by atoms with van der Waals surface area (Å²) >= 11 is 0. The van der Waals surface area contributed by atoms with Crippen molar-refractivity contribution in [3.8, 4) is 6.07 Å². The van der Waals surface area contributed by atoms with Crippen molar-refractivity contribution in [2.24, 2.45) is 5.92 Å². The summed E-state index contributed by atoms with van der Waals surface area (Å²) in [6.07, 6.45) is 1.15. The van der Waals surface area contributed by atoms with E-state index in [9.17, 15) is 0 Å². The molecule has 3 atom stereocenters. The molecule has 1 N–H and O–H groups in total. The Bertz CT molecular complexity index is 705. The van der Waals surface area contributed by atoms with Gasteiger partial charge in [-0.1, -0.05) is 30.3 Å².